The molecule has 0 unspecified atom stereocenters. The lowest BCUT2D eigenvalue weighted by Gasteiger charge is -2.22. The summed E-state index contributed by atoms with van der Waals surface area (Å²) in [5, 5.41) is 1.31. The molecule has 0 saturated carbocycles. The van der Waals surface area contributed by atoms with E-state index in [1.807, 2.05) is 0 Å². The van der Waals surface area contributed by atoms with Crippen molar-refractivity contribution in [2.24, 2.45) is 0 Å². The number of thiophene rings is 1. The molecule has 1 aromatic rings. The van der Waals surface area contributed by atoms with Crippen molar-refractivity contribution in [3.05, 3.63) is 16.3 Å². The summed E-state index contributed by atoms with van der Waals surface area (Å²) < 4.78 is 62.0. The fourth-order valence-corrected chi connectivity index (χ4v) is 4.34. The first-order valence-electron chi connectivity index (χ1n) is 5.41. The average molecular weight is 336 g/mol. The van der Waals surface area contributed by atoms with E-state index in [-0.39, 0.29) is 17.3 Å². The highest BCUT2D eigenvalue weighted by atomic mass is 35.5. The van der Waals surface area contributed by atoms with Crippen molar-refractivity contribution in [3.8, 4) is 0 Å². The zero-order valence-electron chi connectivity index (χ0n) is 10.1. The molecule has 1 aromatic heterocycles. The Balaban J connectivity index is 3.05. The van der Waals surface area contributed by atoms with Gasteiger partial charge in [-0.2, -0.15) is 17.5 Å². The number of nitrogens with zero attached hydrogens (tertiary/aromatic N) is 1. The number of alkyl halides is 4. The Morgan fingerprint density at radius 3 is 2.47 bits per heavy atom. The molecule has 0 saturated heterocycles. The smallest absolute Gasteiger partial charge is 0.207 e. The highest BCUT2D eigenvalue weighted by Gasteiger charge is 2.36. The summed E-state index contributed by atoms with van der Waals surface area (Å²) in [6, 6.07) is 1.31. The predicted molar refractivity (Wildman–Crippen MR) is 69.0 cm³/mol. The second-order valence-electron chi connectivity index (χ2n) is 3.84. The van der Waals surface area contributed by atoms with Gasteiger partial charge < -0.3 is 0 Å². The van der Waals surface area contributed by atoms with Crippen molar-refractivity contribution in [1.29, 1.82) is 0 Å². The standard InChI is InChI=1S/C10H13ClF3NO2S2/c1-2-3-15(7-10(12,13)14)19(16,17)9-4-8(5-11)18-6-9/h4,6H,2-3,5,7H2,1H3. The minimum atomic E-state index is -4.56. The average Bonchev–Trinajstić information content (AvgIpc) is 2.75. The molecule has 0 aromatic carbocycles. The second-order valence-corrected chi connectivity index (χ2v) is 7.04. The maximum Gasteiger partial charge on any atom is 0.402 e. The first-order valence-corrected chi connectivity index (χ1v) is 8.26. The van der Waals surface area contributed by atoms with Crippen molar-refractivity contribution in [2.45, 2.75) is 30.3 Å². The van der Waals surface area contributed by atoms with Gasteiger partial charge >= 0.3 is 6.18 Å². The SMILES string of the molecule is CCCN(CC(F)(F)F)S(=O)(=O)c1csc(CCl)c1. The second kappa shape index (κ2) is 6.43. The molecule has 1 heterocycles. The Labute approximate surface area is 119 Å². The Morgan fingerprint density at radius 2 is 2.05 bits per heavy atom. The van der Waals surface area contributed by atoms with Gasteiger partial charge in [-0.15, -0.1) is 22.9 Å². The third-order valence-corrected chi connectivity index (χ3v) is 5.58. The molecular formula is C10H13ClF3NO2S2. The molecule has 0 bridgehead atoms. The molecule has 0 aliphatic carbocycles. The molecule has 1 rings (SSSR count). The molecule has 9 heteroatoms. The highest BCUT2D eigenvalue weighted by molar-refractivity contribution is 7.89. The Morgan fingerprint density at radius 1 is 1.42 bits per heavy atom. The van der Waals surface area contributed by atoms with Gasteiger partial charge in [0.1, 0.15) is 6.54 Å². The Bertz CT molecular complexity index is 513. The van der Waals surface area contributed by atoms with E-state index < -0.39 is 22.7 Å². The van der Waals surface area contributed by atoms with Crippen LogP contribution in [0.4, 0.5) is 13.2 Å². The molecule has 0 N–H and O–H groups in total. The van der Waals surface area contributed by atoms with Crippen molar-refractivity contribution in [2.75, 3.05) is 13.1 Å². The minimum Gasteiger partial charge on any atom is -0.207 e. The van der Waals surface area contributed by atoms with Crippen LogP contribution in [-0.2, 0) is 15.9 Å². The van der Waals surface area contributed by atoms with Crippen molar-refractivity contribution >= 4 is 33.0 Å². The summed E-state index contributed by atoms with van der Waals surface area (Å²) in [4.78, 5) is 0.467. The molecule has 0 radical (unpaired) electrons. The molecule has 0 atom stereocenters. The molecule has 0 aliphatic rings. The van der Waals surface area contributed by atoms with Crippen LogP contribution in [0.3, 0.4) is 0 Å². The van der Waals surface area contributed by atoms with Gasteiger partial charge in [0, 0.05) is 16.8 Å². The summed E-state index contributed by atoms with van der Waals surface area (Å²) in [7, 11) is -4.12. The van der Waals surface area contributed by atoms with Crippen molar-refractivity contribution in [1.82, 2.24) is 4.31 Å². The number of rotatable bonds is 6. The first kappa shape index (κ1) is 16.7. The summed E-state index contributed by atoms with van der Waals surface area (Å²) in [6.45, 7) is -0.0279. The lowest BCUT2D eigenvalue weighted by Crippen LogP contribution is -2.39. The third-order valence-electron chi connectivity index (χ3n) is 2.23. The van der Waals surface area contributed by atoms with Crippen LogP contribution in [0.1, 0.15) is 18.2 Å². The molecule has 0 amide bonds. The first-order chi connectivity index (χ1) is 8.70. The number of halogens is 4. The van der Waals surface area contributed by atoms with E-state index in [1.165, 1.54) is 11.4 Å². The number of sulfonamides is 1. The fourth-order valence-electron chi connectivity index (χ4n) is 1.45. The normalized spacial score (nSPS) is 13.2. The monoisotopic (exact) mass is 335 g/mol. The van der Waals surface area contributed by atoms with Crippen LogP contribution in [-0.4, -0.2) is 32.0 Å². The van der Waals surface area contributed by atoms with Gasteiger partial charge in [-0.05, 0) is 12.5 Å². The van der Waals surface area contributed by atoms with Crippen molar-refractivity contribution < 1.29 is 21.6 Å². The molecule has 0 fully saturated rings. The zero-order chi connectivity index (χ0) is 14.7. The van der Waals surface area contributed by atoms with Crippen LogP contribution in [0, 0.1) is 0 Å². The van der Waals surface area contributed by atoms with Gasteiger partial charge in [0.25, 0.3) is 0 Å². The van der Waals surface area contributed by atoms with Gasteiger partial charge in [0.15, 0.2) is 0 Å². The maximum absolute atomic E-state index is 12.4. The van der Waals surface area contributed by atoms with Crippen LogP contribution in [0.5, 0.6) is 0 Å². The topological polar surface area (TPSA) is 37.4 Å². The number of hydrogen-bond donors (Lipinski definition) is 0. The number of hydrogen-bond acceptors (Lipinski definition) is 3. The van der Waals surface area contributed by atoms with Gasteiger partial charge in [0.2, 0.25) is 10.0 Å². The quantitative estimate of drug-likeness (QED) is 0.747. The van der Waals surface area contributed by atoms with Crippen LogP contribution in [0.2, 0.25) is 0 Å². The highest BCUT2D eigenvalue weighted by Crippen LogP contribution is 2.26. The molecular weight excluding hydrogens is 323 g/mol. The van der Waals surface area contributed by atoms with Gasteiger partial charge in [-0.3, -0.25) is 0 Å². The van der Waals surface area contributed by atoms with Crippen LogP contribution < -0.4 is 0 Å². The molecule has 0 aliphatic heterocycles. The third kappa shape index (κ3) is 4.62. The van der Waals surface area contributed by atoms with E-state index in [9.17, 15) is 21.6 Å². The predicted octanol–water partition coefficient (Wildman–Crippen LogP) is 3.45. The lowest BCUT2D eigenvalue weighted by molar-refractivity contribution is -0.136. The zero-order valence-corrected chi connectivity index (χ0v) is 12.5. The molecule has 3 nitrogen and oxygen atoms in total. The van der Waals surface area contributed by atoms with Crippen LogP contribution >= 0.6 is 22.9 Å². The van der Waals surface area contributed by atoms with E-state index in [2.05, 4.69) is 0 Å². The summed E-state index contributed by atoms with van der Waals surface area (Å²) >= 11 is 6.67. The van der Waals surface area contributed by atoms with Gasteiger partial charge in [-0.1, -0.05) is 6.92 Å². The van der Waals surface area contributed by atoms with E-state index in [0.29, 0.717) is 15.6 Å². The van der Waals surface area contributed by atoms with E-state index in [0.717, 1.165) is 11.3 Å². The van der Waals surface area contributed by atoms with Crippen LogP contribution in [0.25, 0.3) is 0 Å². The lowest BCUT2D eigenvalue weighted by atomic mass is 10.5. The van der Waals surface area contributed by atoms with Gasteiger partial charge in [0.05, 0.1) is 10.8 Å². The summed E-state index contributed by atoms with van der Waals surface area (Å²) in [5.74, 6) is 0.132. The molecule has 19 heavy (non-hydrogen) atoms. The maximum atomic E-state index is 12.4. The Kier molecular flexibility index (Phi) is 5.66. The largest absolute Gasteiger partial charge is 0.402 e. The van der Waals surface area contributed by atoms with E-state index >= 15 is 0 Å². The van der Waals surface area contributed by atoms with E-state index in [1.54, 1.807) is 6.92 Å². The van der Waals surface area contributed by atoms with Crippen molar-refractivity contribution in [3.63, 3.8) is 0 Å². The summed E-state index contributed by atoms with van der Waals surface area (Å²) in [5.41, 5.74) is 0. The Hall–Kier alpha value is -0.310. The minimum absolute atomic E-state index is 0.132. The van der Waals surface area contributed by atoms with Crippen LogP contribution in [0.15, 0.2) is 16.3 Å². The molecule has 110 valence electrons. The fraction of sp³-hybridized carbons (Fsp3) is 0.600. The van der Waals surface area contributed by atoms with Gasteiger partial charge in [-0.25, -0.2) is 8.42 Å². The van der Waals surface area contributed by atoms with E-state index in [4.69, 9.17) is 11.6 Å². The summed E-state index contributed by atoms with van der Waals surface area (Å²) in [6.07, 6.45) is -4.25. The molecule has 0 spiro atoms.